The Hall–Kier alpha value is -1.44. The smallest absolute Gasteiger partial charge is 0.341 e. The van der Waals surface area contributed by atoms with E-state index in [-0.39, 0.29) is 18.5 Å². The molecule has 1 aromatic heterocycles. The van der Waals surface area contributed by atoms with Crippen molar-refractivity contribution in [2.75, 3.05) is 31.7 Å². The molecule has 1 amide bonds. The Labute approximate surface area is 132 Å². The number of carbonyl (C=O) groups excluding carboxylic acids is 2. The molecule has 22 heavy (non-hydrogen) atoms. The summed E-state index contributed by atoms with van der Waals surface area (Å²) in [6.45, 7) is 3.23. The molecule has 120 valence electrons. The third kappa shape index (κ3) is 3.31. The van der Waals surface area contributed by atoms with Crippen LogP contribution in [0.3, 0.4) is 0 Å². The van der Waals surface area contributed by atoms with Gasteiger partial charge in [0.1, 0.15) is 5.00 Å². The minimum Gasteiger partial charge on any atom is -0.462 e. The maximum atomic E-state index is 12.2. The molecule has 1 aliphatic carbocycles. The molecule has 1 unspecified atom stereocenters. The van der Waals surface area contributed by atoms with E-state index in [0.717, 1.165) is 18.4 Å². The molecule has 0 spiro atoms. The SMILES string of the molecule is CCOC(=O)c1c(C2CC2)csc1NC(=O)C1COCCO1. The molecule has 1 atom stereocenters. The lowest BCUT2D eigenvalue weighted by atomic mass is 10.1. The van der Waals surface area contributed by atoms with E-state index in [1.807, 2.05) is 5.38 Å². The van der Waals surface area contributed by atoms with Crippen LogP contribution in [0.4, 0.5) is 5.00 Å². The topological polar surface area (TPSA) is 73.9 Å². The summed E-state index contributed by atoms with van der Waals surface area (Å²) in [6, 6.07) is 0. The second kappa shape index (κ2) is 6.76. The van der Waals surface area contributed by atoms with E-state index >= 15 is 0 Å². The fraction of sp³-hybridized carbons (Fsp3) is 0.600. The second-order valence-electron chi connectivity index (χ2n) is 5.31. The van der Waals surface area contributed by atoms with Crippen molar-refractivity contribution in [3.63, 3.8) is 0 Å². The number of hydrogen-bond acceptors (Lipinski definition) is 6. The minimum absolute atomic E-state index is 0.238. The fourth-order valence-electron chi connectivity index (χ4n) is 2.40. The predicted octanol–water partition coefficient (Wildman–Crippen LogP) is 2.16. The quantitative estimate of drug-likeness (QED) is 0.840. The Morgan fingerprint density at radius 1 is 1.41 bits per heavy atom. The highest BCUT2D eigenvalue weighted by Gasteiger charge is 2.33. The molecule has 1 N–H and O–H groups in total. The number of thiophene rings is 1. The number of esters is 1. The molecule has 1 saturated heterocycles. The van der Waals surface area contributed by atoms with Crippen molar-refractivity contribution in [2.24, 2.45) is 0 Å². The number of rotatable bonds is 5. The number of carbonyl (C=O) groups is 2. The number of hydrogen-bond donors (Lipinski definition) is 1. The predicted molar refractivity (Wildman–Crippen MR) is 81.4 cm³/mol. The van der Waals surface area contributed by atoms with Gasteiger partial charge in [0, 0.05) is 0 Å². The molecule has 2 heterocycles. The van der Waals surface area contributed by atoms with Crippen LogP contribution in [0, 0.1) is 0 Å². The zero-order valence-electron chi connectivity index (χ0n) is 12.4. The van der Waals surface area contributed by atoms with Crippen LogP contribution in [0.1, 0.15) is 41.6 Å². The van der Waals surface area contributed by atoms with Gasteiger partial charge in [0.25, 0.3) is 5.91 Å². The third-order valence-corrected chi connectivity index (χ3v) is 4.57. The fourth-order valence-corrected chi connectivity index (χ4v) is 3.44. The van der Waals surface area contributed by atoms with Crippen LogP contribution in [0.2, 0.25) is 0 Å². The van der Waals surface area contributed by atoms with Gasteiger partial charge in [-0.25, -0.2) is 4.79 Å². The second-order valence-corrected chi connectivity index (χ2v) is 6.19. The van der Waals surface area contributed by atoms with Crippen LogP contribution in [-0.4, -0.2) is 44.4 Å². The molecule has 0 bridgehead atoms. The molecular formula is C15H19NO5S. The van der Waals surface area contributed by atoms with E-state index in [9.17, 15) is 9.59 Å². The van der Waals surface area contributed by atoms with Gasteiger partial charge in [0.15, 0.2) is 6.10 Å². The maximum Gasteiger partial charge on any atom is 0.341 e. The molecule has 1 saturated carbocycles. The van der Waals surface area contributed by atoms with Crippen molar-refractivity contribution in [3.05, 3.63) is 16.5 Å². The van der Waals surface area contributed by atoms with Crippen LogP contribution >= 0.6 is 11.3 Å². The molecule has 2 fully saturated rings. The lowest BCUT2D eigenvalue weighted by Gasteiger charge is -2.22. The van der Waals surface area contributed by atoms with Gasteiger partial charge in [-0.15, -0.1) is 11.3 Å². The summed E-state index contributed by atoms with van der Waals surface area (Å²) in [5.41, 5.74) is 1.49. The summed E-state index contributed by atoms with van der Waals surface area (Å²) in [5.74, 6) is -0.244. The Balaban J connectivity index is 1.77. The summed E-state index contributed by atoms with van der Waals surface area (Å²) in [7, 11) is 0. The summed E-state index contributed by atoms with van der Waals surface area (Å²) in [5, 5.41) is 5.28. The van der Waals surface area contributed by atoms with E-state index in [4.69, 9.17) is 14.2 Å². The van der Waals surface area contributed by atoms with Crippen molar-refractivity contribution >= 4 is 28.2 Å². The van der Waals surface area contributed by atoms with Gasteiger partial charge in [-0.1, -0.05) is 0 Å². The van der Waals surface area contributed by atoms with Gasteiger partial charge in [0.2, 0.25) is 0 Å². The van der Waals surface area contributed by atoms with E-state index in [0.29, 0.717) is 36.3 Å². The number of ether oxygens (including phenoxy) is 3. The first kappa shape index (κ1) is 15.5. The van der Waals surface area contributed by atoms with Crippen LogP contribution in [0.25, 0.3) is 0 Å². The van der Waals surface area contributed by atoms with E-state index in [2.05, 4.69) is 5.32 Å². The number of anilines is 1. The molecule has 0 radical (unpaired) electrons. The van der Waals surface area contributed by atoms with Crippen LogP contribution in [0.15, 0.2) is 5.38 Å². The van der Waals surface area contributed by atoms with Gasteiger partial charge >= 0.3 is 5.97 Å². The Morgan fingerprint density at radius 2 is 2.23 bits per heavy atom. The van der Waals surface area contributed by atoms with Crippen molar-refractivity contribution in [2.45, 2.75) is 31.8 Å². The van der Waals surface area contributed by atoms with E-state index in [1.54, 1.807) is 6.92 Å². The molecule has 1 aromatic rings. The average molecular weight is 325 g/mol. The molecule has 3 rings (SSSR count). The first-order valence-corrected chi connectivity index (χ1v) is 8.37. The third-order valence-electron chi connectivity index (χ3n) is 3.66. The molecule has 1 aliphatic heterocycles. The summed E-state index contributed by atoms with van der Waals surface area (Å²) in [6.07, 6.45) is 1.53. The Bertz CT molecular complexity index is 560. The Kier molecular flexibility index (Phi) is 4.75. The molecule has 7 heteroatoms. The van der Waals surface area contributed by atoms with E-state index < -0.39 is 6.10 Å². The van der Waals surface area contributed by atoms with Crippen molar-refractivity contribution in [3.8, 4) is 0 Å². The van der Waals surface area contributed by atoms with Gasteiger partial charge in [-0.05, 0) is 36.6 Å². The molecule has 0 aromatic carbocycles. The number of amides is 1. The van der Waals surface area contributed by atoms with Crippen LogP contribution in [0.5, 0.6) is 0 Å². The first-order chi connectivity index (χ1) is 10.7. The Morgan fingerprint density at radius 3 is 2.86 bits per heavy atom. The summed E-state index contributed by atoms with van der Waals surface area (Å²) < 4.78 is 15.7. The highest BCUT2D eigenvalue weighted by atomic mass is 32.1. The monoisotopic (exact) mass is 325 g/mol. The lowest BCUT2D eigenvalue weighted by molar-refractivity contribution is -0.142. The molecule has 2 aliphatic rings. The van der Waals surface area contributed by atoms with E-state index in [1.165, 1.54) is 11.3 Å². The van der Waals surface area contributed by atoms with Crippen LogP contribution < -0.4 is 5.32 Å². The summed E-state index contributed by atoms with van der Waals surface area (Å²) >= 11 is 1.36. The lowest BCUT2D eigenvalue weighted by Crippen LogP contribution is -2.39. The van der Waals surface area contributed by atoms with Gasteiger partial charge in [-0.2, -0.15) is 0 Å². The first-order valence-electron chi connectivity index (χ1n) is 7.49. The van der Waals surface area contributed by atoms with Gasteiger partial charge < -0.3 is 19.5 Å². The normalized spacial score (nSPS) is 21.4. The largest absolute Gasteiger partial charge is 0.462 e. The van der Waals surface area contributed by atoms with Gasteiger partial charge in [-0.3, -0.25) is 4.79 Å². The maximum absolute atomic E-state index is 12.2. The van der Waals surface area contributed by atoms with Crippen molar-refractivity contribution in [1.82, 2.24) is 0 Å². The zero-order chi connectivity index (χ0) is 15.5. The minimum atomic E-state index is -0.629. The van der Waals surface area contributed by atoms with Crippen molar-refractivity contribution in [1.29, 1.82) is 0 Å². The number of nitrogens with one attached hydrogen (secondary N) is 1. The summed E-state index contributed by atoms with van der Waals surface area (Å²) in [4.78, 5) is 24.4. The van der Waals surface area contributed by atoms with Crippen molar-refractivity contribution < 1.29 is 23.8 Å². The molecule has 6 nitrogen and oxygen atoms in total. The zero-order valence-corrected chi connectivity index (χ0v) is 13.2. The average Bonchev–Trinajstić information content (AvgIpc) is 3.29. The van der Waals surface area contributed by atoms with Gasteiger partial charge in [0.05, 0.1) is 32.0 Å². The highest BCUT2D eigenvalue weighted by Crippen LogP contribution is 2.46. The molecular weight excluding hydrogens is 306 g/mol. The van der Waals surface area contributed by atoms with Crippen LogP contribution in [-0.2, 0) is 19.0 Å². The highest BCUT2D eigenvalue weighted by molar-refractivity contribution is 7.15. The standard InChI is InChI=1S/C15H19NO5S/c1-2-20-15(18)12-10(9-3-4-9)8-22-14(12)16-13(17)11-7-19-5-6-21-11/h8-9,11H,2-7H2,1H3,(H,16,17).